The van der Waals surface area contributed by atoms with Gasteiger partial charge in [-0.2, -0.15) is 0 Å². The van der Waals surface area contributed by atoms with Crippen LogP contribution in [-0.2, 0) is 19.1 Å². The van der Waals surface area contributed by atoms with E-state index >= 15 is 0 Å². The fourth-order valence-corrected chi connectivity index (χ4v) is 2.82. The summed E-state index contributed by atoms with van der Waals surface area (Å²) in [5.74, 6) is -1.23. The summed E-state index contributed by atoms with van der Waals surface area (Å²) in [5, 5.41) is 0. The van der Waals surface area contributed by atoms with E-state index in [1.165, 1.54) is 0 Å². The summed E-state index contributed by atoms with van der Waals surface area (Å²) in [6.45, 7) is 3.78. The number of ether oxygens (including phenoxy) is 2. The van der Waals surface area contributed by atoms with Crippen molar-refractivity contribution in [2.45, 2.75) is 33.1 Å². The molecule has 5 nitrogen and oxygen atoms in total. The summed E-state index contributed by atoms with van der Waals surface area (Å²) >= 11 is 0. The number of esters is 2. The molecule has 0 fully saturated rings. The van der Waals surface area contributed by atoms with Crippen LogP contribution in [0.3, 0.4) is 0 Å². The second-order valence-corrected chi connectivity index (χ2v) is 5.65. The Hall–Kier alpha value is -2.43. The Kier molecular flexibility index (Phi) is 5.90. The molecule has 0 bridgehead atoms. The zero-order chi connectivity index (χ0) is 17.6. The van der Waals surface area contributed by atoms with Gasteiger partial charge in [-0.05, 0) is 38.7 Å². The van der Waals surface area contributed by atoms with E-state index in [1.54, 1.807) is 44.2 Å². The number of carbonyl (C=O) groups is 3. The van der Waals surface area contributed by atoms with Crippen LogP contribution in [0, 0.1) is 5.41 Å². The number of ketones is 1. The lowest BCUT2D eigenvalue weighted by Crippen LogP contribution is -2.43. The van der Waals surface area contributed by atoms with Crippen LogP contribution in [0.15, 0.2) is 42.0 Å². The maximum absolute atomic E-state index is 12.5. The highest BCUT2D eigenvalue weighted by Gasteiger charge is 2.49. The van der Waals surface area contributed by atoms with Gasteiger partial charge in [0.25, 0.3) is 0 Å². The summed E-state index contributed by atoms with van der Waals surface area (Å²) in [4.78, 5) is 37.2. The predicted molar refractivity (Wildman–Crippen MR) is 88.4 cm³/mol. The van der Waals surface area contributed by atoms with Crippen LogP contribution in [-0.4, -0.2) is 30.9 Å². The molecule has 0 atom stereocenters. The van der Waals surface area contributed by atoms with E-state index in [4.69, 9.17) is 9.47 Å². The SMILES string of the molecule is CCOC(=O)C1(C(=O)OCC)CC=C(C(=O)c2ccccc2)CC1. The van der Waals surface area contributed by atoms with Crippen molar-refractivity contribution >= 4 is 17.7 Å². The molecule has 2 rings (SSSR count). The fraction of sp³-hybridized carbons (Fsp3) is 0.421. The van der Waals surface area contributed by atoms with Gasteiger partial charge in [0.2, 0.25) is 0 Å². The lowest BCUT2D eigenvalue weighted by molar-refractivity contribution is -0.172. The number of rotatable bonds is 6. The van der Waals surface area contributed by atoms with E-state index in [2.05, 4.69) is 0 Å². The quantitative estimate of drug-likeness (QED) is 0.455. The summed E-state index contributed by atoms with van der Waals surface area (Å²) in [6.07, 6.45) is 2.35. The molecule has 0 amide bonds. The van der Waals surface area contributed by atoms with Crippen LogP contribution in [0.4, 0.5) is 0 Å². The van der Waals surface area contributed by atoms with Gasteiger partial charge in [-0.3, -0.25) is 14.4 Å². The molecule has 128 valence electrons. The first-order valence-electron chi connectivity index (χ1n) is 8.18. The highest BCUT2D eigenvalue weighted by Crippen LogP contribution is 2.39. The van der Waals surface area contributed by atoms with Crippen molar-refractivity contribution in [1.29, 1.82) is 0 Å². The number of hydrogen-bond acceptors (Lipinski definition) is 5. The third-order valence-corrected chi connectivity index (χ3v) is 4.18. The van der Waals surface area contributed by atoms with Crippen molar-refractivity contribution in [3.05, 3.63) is 47.5 Å². The third-order valence-electron chi connectivity index (χ3n) is 4.18. The molecule has 0 aromatic heterocycles. The van der Waals surface area contributed by atoms with Crippen LogP contribution in [0.1, 0.15) is 43.5 Å². The second kappa shape index (κ2) is 7.90. The van der Waals surface area contributed by atoms with Gasteiger partial charge >= 0.3 is 11.9 Å². The molecule has 0 unspecified atom stereocenters. The minimum Gasteiger partial charge on any atom is -0.465 e. The molecule has 0 saturated carbocycles. The monoisotopic (exact) mass is 330 g/mol. The number of allylic oxidation sites excluding steroid dienone is 2. The Labute approximate surface area is 141 Å². The minimum atomic E-state index is -1.34. The summed E-state index contributed by atoms with van der Waals surface area (Å²) < 4.78 is 10.2. The molecule has 0 spiro atoms. The Bertz CT molecular complexity index is 627. The van der Waals surface area contributed by atoms with Crippen molar-refractivity contribution in [3.8, 4) is 0 Å². The van der Waals surface area contributed by atoms with E-state index in [1.807, 2.05) is 6.07 Å². The van der Waals surface area contributed by atoms with E-state index in [0.717, 1.165) is 0 Å². The average Bonchev–Trinajstić information content (AvgIpc) is 2.62. The van der Waals surface area contributed by atoms with Crippen molar-refractivity contribution < 1.29 is 23.9 Å². The molecule has 0 aliphatic heterocycles. The van der Waals surface area contributed by atoms with Crippen LogP contribution in [0.25, 0.3) is 0 Å². The zero-order valence-corrected chi connectivity index (χ0v) is 14.0. The first kappa shape index (κ1) is 17.9. The van der Waals surface area contributed by atoms with Crippen molar-refractivity contribution in [3.63, 3.8) is 0 Å². The Morgan fingerprint density at radius 2 is 1.58 bits per heavy atom. The van der Waals surface area contributed by atoms with Gasteiger partial charge in [-0.25, -0.2) is 0 Å². The van der Waals surface area contributed by atoms with Crippen molar-refractivity contribution in [1.82, 2.24) is 0 Å². The van der Waals surface area contributed by atoms with Gasteiger partial charge in [-0.1, -0.05) is 36.4 Å². The summed E-state index contributed by atoms with van der Waals surface area (Å²) in [5.41, 5.74) is -0.124. The number of benzene rings is 1. The molecule has 0 N–H and O–H groups in total. The lowest BCUT2D eigenvalue weighted by atomic mass is 9.73. The summed E-state index contributed by atoms with van der Waals surface area (Å²) in [6, 6.07) is 8.96. The third kappa shape index (κ3) is 3.55. The van der Waals surface area contributed by atoms with E-state index in [0.29, 0.717) is 17.6 Å². The lowest BCUT2D eigenvalue weighted by Gasteiger charge is -2.31. The Balaban J connectivity index is 2.24. The van der Waals surface area contributed by atoms with E-state index < -0.39 is 17.4 Å². The molecular formula is C19H22O5. The Morgan fingerprint density at radius 3 is 2.04 bits per heavy atom. The van der Waals surface area contributed by atoms with E-state index in [-0.39, 0.29) is 31.8 Å². The van der Waals surface area contributed by atoms with Crippen LogP contribution in [0.2, 0.25) is 0 Å². The predicted octanol–water partition coefficient (Wildman–Crippen LogP) is 3.09. The number of hydrogen-bond donors (Lipinski definition) is 0. The number of carbonyl (C=O) groups excluding carboxylic acids is 3. The fourth-order valence-electron chi connectivity index (χ4n) is 2.82. The van der Waals surface area contributed by atoms with E-state index in [9.17, 15) is 14.4 Å². The van der Waals surface area contributed by atoms with Gasteiger partial charge in [0, 0.05) is 5.56 Å². The smallest absolute Gasteiger partial charge is 0.323 e. The maximum atomic E-state index is 12.5. The molecule has 0 saturated heterocycles. The van der Waals surface area contributed by atoms with Crippen LogP contribution < -0.4 is 0 Å². The molecule has 1 aromatic carbocycles. The highest BCUT2D eigenvalue weighted by molar-refractivity contribution is 6.09. The number of Topliss-reactive ketones (excluding diaryl/α,β-unsaturated/α-hetero) is 1. The molecule has 1 aliphatic carbocycles. The van der Waals surface area contributed by atoms with Crippen LogP contribution >= 0.6 is 0 Å². The first-order chi connectivity index (χ1) is 11.5. The minimum absolute atomic E-state index is 0.0723. The van der Waals surface area contributed by atoms with Crippen molar-refractivity contribution in [2.75, 3.05) is 13.2 Å². The molecule has 5 heteroatoms. The molecule has 1 aliphatic rings. The molecule has 0 heterocycles. The first-order valence-corrected chi connectivity index (χ1v) is 8.18. The molecule has 24 heavy (non-hydrogen) atoms. The second-order valence-electron chi connectivity index (χ2n) is 5.65. The van der Waals surface area contributed by atoms with Gasteiger partial charge in [0.15, 0.2) is 11.2 Å². The van der Waals surface area contributed by atoms with Gasteiger partial charge in [-0.15, -0.1) is 0 Å². The molecular weight excluding hydrogens is 308 g/mol. The molecule has 0 radical (unpaired) electrons. The Morgan fingerprint density at radius 1 is 1.00 bits per heavy atom. The molecule has 1 aromatic rings. The van der Waals surface area contributed by atoms with Crippen LogP contribution in [0.5, 0.6) is 0 Å². The van der Waals surface area contributed by atoms with Gasteiger partial charge in [0.05, 0.1) is 13.2 Å². The normalized spacial score (nSPS) is 16.0. The van der Waals surface area contributed by atoms with Gasteiger partial charge < -0.3 is 9.47 Å². The largest absolute Gasteiger partial charge is 0.465 e. The standard InChI is InChI=1S/C19H22O5/c1-3-23-17(21)19(18(22)24-4-2)12-10-15(11-13-19)16(20)14-8-6-5-7-9-14/h5-10H,3-4,11-13H2,1-2H3. The highest BCUT2D eigenvalue weighted by atomic mass is 16.6. The average molecular weight is 330 g/mol. The zero-order valence-electron chi connectivity index (χ0n) is 14.0. The van der Waals surface area contributed by atoms with Crippen molar-refractivity contribution in [2.24, 2.45) is 5.41 Å². The topological polar surface area (TPSA) is 69.7 Å². The summed E-state index contributed by atoms with van der Waals surface area (Å²) in [7, 11) is 0. The maximum Gasteiger partial charge on any atom is 0.323 e. The van der Waals surface area contributed by atoms with Gasteiger partial charge in [0.1, 0.15) is 0 Å².